The van der Waals surface area contributed by atoms with E-state index in [9.17, 15) is 9.59 Å². The summed E-state index contributed by atoms with van der Waals surface area (Å²) in [4.78, 5) is 22.0. The Morgan fingerprint density at radius 2 is 2.00 bits per heavy atom. The Morgan fingerprint density at radius 3 is 2.50 bits per heavy atom. The molecule has 1 rings (SSSR count). The molecule has 1 heterocycles. The second-order valence-corrected chi connectivity index (χ2v) is 2.86. The lowest BCUT2D eigenvalue weighted by Crippen LogP contribution is -2.45. The van der Waals surface area contributed by atoms with E-state index in [0.717, 1.165) is 9.36 Å². The molecule has 66 valence electrons. The number of nitrogen functional groups attached to an aromatic ring is 1. The Labute approximate surface area is 72.0 Å². The fourth-order valence-corrected chi connectivity index (χ4v) is 1.17. The number of aromatic nitrogens is 3. The first kappa shape index (κ1) is 8.85. The fourth-order valence-electron chi connectivity index (χ4n) is 0.689. The van der Waals surface area contributed by atoms with Gasteiger partial charge in [0.1, 0.15) is 0 Å². The minimum absolute atomic E-state index is 0.308. The molecule has 1 aromatic heterocycles. The highest BCUT2D eigenvalue weighted by molar-refractivity contribution is 7.98. The van der Waals surface area contributed by atoms with Gasteiger partial charge in [-0.2, -0.15) is 4.68 Å². The SMILES string of the molecule is CSc1nn(C)c(=O)c(=O)n1N. The summed E-state index contributed by atoms with van der Waals surface area (Å²) in [5.41, 5.74) is -1.49. The van der Waals surface area contributed by atoms with Crippen LogP contribution in [-0.4, -0.2) is 20.7 Å². The Morgan fingerprint density at radius 1 is 1.42 bits per heavy atom. The van der Waals surface area contributed by atoms with Crippen molar-refractivity contribution in [3.63, 3.8) is 0 Å². The summed E-state index contributed by atoms with van der Waals surface area (Å²) in [6.07, 6.45) is 1.72. The van der Waals surface area contributed by atoms with Crippen molar-refractivity contribution in [2.45, 2.75) is 5.16 Å². The smallest absolute Gasteiger partial charge is 0.334 e. The Balaban J connectivity index is 3.61. The van der Waals surface area contributed by atoms with Gasteiger partial charge < -0.3 is 5.84 Å². The molecule has 0 atom stereocenters. The molecule has 0 unspecified atom stereocenters. The van der Waals surface area contributed by atoms with Crippen molar-refractivity contribution in [3.8, 4) is 0 Å². The van der Waals surface area contributed by atoms with Crippen molar-refractivity contribution < 1.29 is 0 Å². The lowest BCUT2D eigenvalue weighted by molar-refractivity contribution is 0.574. The monoisotopic (exact) mass is 188 g/mol. The van der Waals surface area contributed by atoms with E-state index in [4.69, 9.17) is 5.84 Å². The number of aryl methyl sites for hydroxylation is 1. The molecule has 0 aliphatic carbocycles. The van der Waals surface area contributed by atoms with Gasteiger partial charge in [-0.25, -0.2) is 4.68 Å². The van der Waals surface area contributed by atoms with Gasteiger partial charge in [0.15, 0.2) is 0 Å². The zero-order valence-corrected chi connectivity index (χ0v) is 7.46. The average Bonchev–Trinajstić information content (AvgIpc) is 2.08. The number of thioether (sulfide) groups is 1. The van der Waals surface area contributed by atoms with Crippen LogP contribution in [-0.2, 0) is 7.05 Å². The van der Waals surface area contributed by atoms with Crippen LogP contribution in [0.4, 0.5) is 0 Å². The van der Waals surface area contributed by atoms with Crippen LogP contribution in [0.5, 0.6) is 0 Å². The standard InChI is InChI=1S/C5H8N4O2S/c1-8-3(10)4(11)9(6)5(7-8)12-2/h6H2,1-2H3. The number of rotatable bonds is 1. The van der Waals surface area contributed by atoms with Crippen LogP contribution in [0, 0.1) is 0 Å². The van der Waals surface area contributed by atoms with Gasteiger partial charge in [-0.3, -0.25) is 9.59 Å². The van der Waals surface area contributed by atoms with Gasteiger partial charge in [0.2, 0.25) is 5.16 Å². The van der Waals surface area contributed by atoms with Gasteiger partial charge in [0.05, 0.1) is 0 Å². The molecule has 0 radical (unpaired) electrons. The Hall–Kier alpha value is -1.24. The van der Waals surface area contributed by atoms with Crippen LogP contribution < -0.4 is 17.0 Å². The van der Waals surface area contributed by atoms with Gasteiger partial charge in [-0.15, -0.1) is 5.10 Å². The number of nitrogens with two attached hydrogens (primary N) is 1. The van der Waals surface area contributed by atoms with Crippen LogP contribution in [0.3, 0.4) is 0 Å². The molecule has 0 aliphatic rings. The summed E-state index contributed by atoms with van der Waals surface area (Å²) in [5, 5.41) is 4.06. The Kier molecular flexibility index (Phi) is 2.22. The van der Waals surface area contributed by atoms with Crippen LogP contribution in [0.2, 0.25) is 0 Å². The third-order valence-corrected chi connectivity index (χ3v) is 1.96. The van der Waals surface area contributed by atoms with E-state index in [1.165, 1.54) is 18.8 Å². The van der Waals surface area contributed by atoms with Crippen molar-refractivity contribution in [2.24, 2.45) is 7.05 Å². The van der Waals surface area contributed by atoms with Gasteiger partial charge >= 0.3 is 11.1 Å². The van der Waals surface area contributed by atoms with E-state index in [1.54, 1.807) is 6.26 Å². The molecule has 0 spiro atoms. The maximum Gasteiger partial charge on any atom is 0.338 e. The highest BCUT2D eigenvalue weighted by Crippen LogP contribution is 2.03. The van der Waals surface area contributed by atoms with E-state index in [-0.39, 0.29) is 0 Å². The molecular weight excluding hydrogens is 180 g/mol. The van der Waals surface area contributed by atoms with Crippen molar-refractivity contribution in [3.05, 3.63) is 20.7 Å². The molecule has 0 saturated carbocycles. The van der Waals surface area contributed by atoms with E-state index in [1.807, 2.05) is 0 Å². The fraction of sp³-hybridized carbons (Fsp3) is 0.400. The molecule has 1 aromatic rings. The molecular formula is C5H8N4O2S. The lowest BCUT2D eigenvalue weighted by Gasteiger charge is -2.03. The highest BCUT2D eigenvalue weighted by Gasteiger charge is 2.06. The second kappa shape index (κ2) is 3.02. The second-order valence-electron chi connectivity index (χ2n) is 2.09. The summed E-state index contributed by atoms with van der Waals surface area (Å²) in [7, 11) is 1.41. The average molecular weight is 188 g/mol. The molecule has 2 N–H and O–H groups in total. The molecule has 0 saturated heterocycles. The molecule has 0 aliphatic heterocycles. The first-order valence-electron chi connectivity index (χ1n) is 3.07. The number of hydrogen-bond acceptors (Lipinski definition) is 5. The van der Waals surface area contributed by atoms with Gasteiger partial charge in [-0.1, -0.05) is 11.8 Å². The number of nitrogens with zero attached hydrogens (tertiary/aromatic N) is 3. The van der Waals surface area contributed by atoms with Crippen molar-refractivity contribution in [1.82, 2.24) is 14.5 Å². The normalized spacial score (nSPS) is 10.2. The van der Waals surface area contributed by atoms with Crippen molar-refractivity contribution >= 4 is 11.8 Å². The zero-order valence-electron chi connectivity index (χ0n) is 6.64. The van der Waals surface area contributed by atoms with Crippen molar-refractivity contribution in [2.75, 3.05) is 12.1 Å². The maximum absolute atomic E-state index is 11.0. The Bertz CT molecular complexity index is 407. The van der Waals surface area contributed by atoms with Gasteiger partial charge in [0.25, 0.3) is 0 Å². The summed E-state index contributed by atoms with van der Waals surface area (Å²) in [6, 6.07) is 0. The number of hydrogen-bond donors (Lipinski definition) is 1. The molecule has 0 fully saturated rings. The molecule has 0 amide bonds. The minimum Gasteiger partial charge on any atom is -0.334 e. The van der Waals surface area contributed by atoms with Crippen LogP contribution in [0.25, 0.3) is 0 Å². The van der Waals surface area contributed by atoms with E-state index < -0.39 is 11.1 Å². The third-order valence-electron chi connectivity index (χ3n) is 1.32. The lowest BCUT2D eigenvalue weighted by atomic mass is 10.8. The van der Waals surface area contributed by atoms with Crippen LogP contribution in [0.15, 0.2) is 14.7 Å². The predicted molar refractivity (Wildman–Crippen MR) is 45.7 cm³/mol. The minimum atomic E-state index is -0.767. The van der Waals surface area contributed by atoms with Crippen molar-refractivity contribution in [1.29, 1.82) is 0 Å². The quantitative estimate of drug-likeness (QED) is 0.325. The highest BCUT2D eigenvalue weighted by atomic mass is 32.2. The van der Waals surface area contributed by atoms with E-state index in [0.29, 0.717) is 5.16 Å². The van der Waals surface area contributed by atoms with Crippen LogP contribution in [0.1, 0.15) is 0 Å². The van der Waals surface area contributed by atoms with Crippen LogP contribution >= 0.6 is 11.8 Å². The third kappa shape index (κ3) is 1.22. The molecule has 7 heteroatoms. The molecule has 12 heavy (non-hydrogen) atoms. The maximum atomic E-state index is 11.0. The zero-order chi connectivity index (χ0) is 9.30. The van der Waals surface area contributed by atoms with E-state index in [2.05, 4.69) is 5.10 Å². The largest absolute Gasteiger partial charge is 0.338 e. The first-order valence-corrected chi connectivity index (χ1v) is 4.30. The summed E-state index contributed by atoms with van der Waals surface area (Å²) in [6.45, 7) is 0. The molecule has 0 aromatic carbocycles. The summed E-state index contributed by atoms with van der Waals surface area (Å²) < 4.78 is 1.71. The molecule has 6 nitrogen and oxygen atoms in total. The first-order chi connectivity index (χ1) is 5.57. The predicted octanol–water partition coefficient (Wildman–Crippen LogP) is -1.62. The van der Waals surface area contributed by atoms with E-state index >= 15 is 0 Å². The summed E-state index contributed by atoms with van der Waals surface area (Å²) in [5.74, 6) is 5.27. The van der Waals surface area contributed by atoms with Gasteiger partial charge in [0, 0.05) is 7.05 Å². The topological polar surface area (TPSA) is 82.9 Å². The summed E-state index contributed by atoms with van der Waals surface area (Å²) >= 11 is 1.20. The molecule has 0 bridgehead atoms. The van der Waals surface area contributed by atoms with Gasteiger partial charge in [-0.05, 0) is 6.26 Å².